The Morgan fingerprint density at radius 2 is 2.31 bits per heavy atom. The molecule has 90 valence electrons. The summed E-state index contributed by atoms with van der Waals surface area (Å²) in [5.74, 6) is 0. The molecule has 4 heteroatoms. The highest BCUT2D eigenvalue weighted by Crippen LogP contribution is 2.11. The molecule has 0 bridgehead atoms. The molecule has 1 N–H and O–H groups in total. The number of nitrogens with one attached hydrogen (secondary N) is 1. The summed E-state index contributed by atoms with van der Waals surface area (Å²) < 4.78 is 5.33. The molecule has 0 atom stereocenters. The molecule has 0 aliphatic carbocycles. The van der Waals surface area contributed by atoms with E-state index in [-0.39, 0.29) is 0 Å². The molecule has 1 aromatic heterocycles. The van der Waals surface area contributed by atoms with Gasteiger partial charge in [-0.1, -0.05) is 0 Å². The van der Waals surface area contributed by atoms with Crippen LogP contribution >= 0.6 is 11.3 Å². The topological polar surface area (TPSA) is 34.1 Å². The molecule has 0 saturated carbocycles. The van der Waals surface area contributed by atoms with Gasteiger partial charge in [-0.15, -0.1) is 11.3 Å². The second-order valence-corrected chi connectivity index (χ2v) is 5.27. The van der Waals surface area contributed by atoms with E-state index in [0.29, 0.717) is 6.04 Å². The first-order chi connectivity index (χ1) is 7.84. The summed E-state index contributed by atoms with van der Waals surface area (Å²) in [4.78, 5) is 4.47. The molecule has 3 nitrogen and oxygen atoms in total. The van der Waals surface area contributed by atoms with Crippen molar-refractivity contribution in [2.45, 2.75) is 38.6 Å². The molecule has 2 heterocycles. The molecule has 1 fully saturated rings. The Balaban J connectivity index is 1.57. The fourth-order valence-corrected chi connectivity index (χ4v) is 2.78. The molecular weight excluding hydrogens is 220 g/mol. The van der Waals surface area contributed by atoms with Gasteiger partial charge in [0.1, 0.15) is 0 Å². The van der Waals surface area contributed by atoms with Crippen molar-refractivity contribution >= 4 is 11.3 Å². The van der Waals surface area contributed by atoms with Crippen LogP contribution in [0.15, 0.2) is 5.38 Å². The second-order valence-electron chi connectivity index (χ2n) is 4.33. The van der Waals surface area contributed by atoms with E-state index in [2.05, 4.69) is 22.6 Å². The molecule has 1 aliphatic heterocycles. The predicted octanol–water partition coefficient (Wildman–Crippen LogP) is 2.15. The van der Waals surface area contributed by atoms with Crippen LogP contribution in [0, 0.1) is 6.92 Å². The average molecular weight is 240 g/mol. The fraction of sp³-hybridized carbons (Fsp3) is 0.750. The lowest BCUT2D eigenvalue weighted by Gasteiger charge is -2.23. The molecule has 16 heavy (non-hydrogen) atoms. The highest BCUT2D eigenvalue weighted by atomic mass is 32.1. The van der Waals surface area contributed by atoms with Crippen molar-refractivity contribution < 1.29 is 4.74 Å². The molecule has 0 unspecified atom stereocenters. The lowest BCUT2D eigenvalue weighted by atomic mass is 10.1. The van der Waals surface area contributed by atoms with E-state index in [1.165, 1.54) is 11.4 Å². The highest BCUT2D eigenvalue weighted by molar-refractivity contribution is 7.09. The van der Waals surface area contributed by atoms with Crippen LogP contribution < -0.4 is 5.32 Å². The first-order valence-corrected chi connectivity index (χ1v) is 6.94. The van der Waals surface area contributed by atoms with Crippen molar-refractivity contribution in [1.82, 2.24) is 10.3 Å². The average Bonchev–Trinajstić information content (AvgIpc) is 2.72. The van der Waals surface area contributed by atoms with E-state index < -0.39 is 0 Å². The second kappa shape index (κ2) is 6.33. The number of ether oxygens (including phenoxy) is 1. The largest absolute Gasteiger partial charge is 0.381 e. The third kappa shape index (κ3) is 3.85. The fourth-order valence-electron chi connectivity index (χ4n) is 1.97. The normalized spacial score (nSPS) is 17.8. The van der Waals surface area contributed by atoms with Crippen LogP contribution in [-0.4, -0.2) is 30.8 Å². The van der Waals surface area contributed by atoms with Gasteiger partial charge in [0.15, 0.2) is 0 Å². The van der Waals surface area contributed by atoms with Crippen LogP contribution in [-0.2, 0) is 11.2 Å². The lowest BCUT2D eigenvalue weighted by molar-refractivity contribution is 0.0780. The van der Waals surface area contributed by atoms with Gasteiger partial charge in [-0.25, -0.2) is 4.98 Å². The van der Waals surface area contributed by atoms with Gasteiger partial charge in [0.05, 0.1) is 5.01 Å². The number of rotatable bonds is 5. The van der Waals surface area contributed by atoms with Gasteiger partial charge in [0, 0.05) is 36.8 Å². The number of thiazole rings is 1. The number of aromatic nitrogens is 1. The Morgan fingerprint density at radius 1 is 1.50 bits per heavy atom. The van der Waals surface area contributed by atoms with E-state index in [4.69, 9.17) is 4.74 Å². The quantitative estimate of drug-likeness (QED) is 0.801. The summed E-state index contributed by atoms with van der Waals surface area (Å²) in [6, 6.07) is 0.673. The number of aryl methyl sites for hydroxylation is 2. The van der Waals surface area contributed by atoms with Crippen molar-refractivity contribution in [3.8, 4) is 0 Å². The summed E-state index contributed by atoms with van der Waals surface area (Å²) in [6.45, 7) is 5.00. The van der Waals surface area contributed by atoms with Crippen LogP contribution in [0.2, 0.25) is 0 Å². The zero-order valence-electron chi connectivity index (χ0n) is 9.87. The summed E-state index contributed by atoms with van der Waals surface area (Å²) in [5, 5.41) is 6.99. The van der Waals surface area contributed by atoms with Crippen LogP contribution in [0.4, 0.5) is 0 Å². The first kappa shape index (κ1) is 12.0. The molecule has 1 saturated heterocycles. The summed E-state index contributed by atoms with van der Waals surface area (Å²) in [6.07, 6.45) is 4.62. The summed E-state index contributed by atoms with van der Waals surface area (Å²) in [7, 11) is 0. The van der Waals surface area contributed by atoms with Crippen molar-refractivity contribution in [3.63, 3.8) is 0 Å². The molecule has 0 amide bonds. The molecule has 2 rings (SSSR count). The van der Waals surface area contributed by atoms with Gasteiger partial charge in [0.2, 0.25) is 0 Å². The SMILES string of the molecule is Cc1csc(CCCNC2CCOCC2)n1. The van der Waals surface area contributed by atoms with E-state index in [0.717, 1.165) is 44.7 Å². The summed E-state index contributed by atoms with van der Waals surface area (Å²) in [5.41, 5.74) is 1.15. The molecule has 0 aromatic carbocycles. The first-order valence-electron chi connectivity index (χ1n) is 6.07. The lowest BCUT2D eigenvalue weighted by Crippen LogP contribution is -2.35. The Kier molecular flexibility index (Phi) is 4.75. The van der Waals surface area contributed by atoms with Gasteiger partial charge in [-0.05, 0) is 32.7 Å². The number of hydrogen-bond donors (Lipinski definition) is 1. The minimum absolute atomic E-state index is 0.673. The van der Waals surface area contributed by atoms with Gasteiger partial charge < -0.3 is 10.1 Å². The van der Waals surface area contributed by atoms with Crippen molar-refractivity contribution in [1.29, 1.82) is 0 Å². The van der Waals surface area contributed by atoms with Crippen LogP contribution in [0.1, 0.15) is 30.0 Å². The van der Waals surface area contributed by atoms with Crippen molar-refractivity contribution in [3.05, 3.63) is 16.1 Å². The maximum Gasteiger partial charge on any atom is 0.0928 e. The van der Waals surface area contributed by atoms with Crippen molar-refractivity contribution in [2.24, 2.45) is 0 Å². The van der Waals surface area contributed by atoms with Crippen LogP contribution in [0.3, 0.4) is 0 Å². The van der Waals surface area contributed by atoms with E-state index in [9.17, 15) is 0 Å². The Labute approximate surface area is 101 Å². The molecule has 0 spiro atoms. The zero-order valence-corrected chi connectivity index (χ0v) is 10.7. The van der Waals surface area contributed by atoms with Gasteiger partial charge in [-0.2, -0.15) is 0 Å². The molecule has 0 radical (unpaired) electrons. The Bertz CT molecular complexity index is 308. The predicted molar refractivity (Wildman–Crippen MR) is 67.0 cm³/mol. The summed E-state index contributed by atoms with van der Waals surface area (Å²) >= 11 is 1.78. The van der Waals surface area contributed by atoms with E-state index >= 15 is 0 Å². The van der Waals surface area contributed by atoms with Gasteiger partial charge in [0.25, 0.3) is 0 Å². The Hall–Kier alpha value is -0.450. The minimum Gasteiger partial charge on any atom is -0.381 e. The highest BCUT2D eigenvalue weighted by Gasteiger charge is 2.12. The standard InChI is InChI=1S/C12H20N2OS/c1-10-9-16-12(14-10)3-2-6-13-11-4-7-15-8-5-11/h9,11,13H,2-8H2,1H3. The minimum atomic E-state index is 0.673. The third-order valence-corrected chi connectivity index (χ3v) is 3.91. The monoisotopic (exact) mass is 240 g/mol. The zero-order chi connectivity index (χ0) is 11.2. The van der Waals surface area contributed by atoms with Gasteiger partial charge in [-0.3, -0.25) is 0 Å². The van der Waals surface area contributed by atoms with Crippen LogP contribution in [0.25, 0.3) is 0 Å². The van der Waals surface area contributed by atoms with Gasteiger partial charge >= 0.3 is 0 Å². The molecule has 1 aromatic rings. The van der Waals surface area contributed by atoms with Crippen LogP contribution in [0.5, 0.6) is 0 Å². The number of nitrogens with zero attached hydrogens (tertiary/aromatic N) is 1. The molecule has 1 aliphatic rings. The smallest absolute Gasteiger partial charge is 0.0928 e. The maximum absolute atomic E-state index is 5.33. The number of hydrogen-bond acceptors (Lipinski definition) is 4. The third-order valence-electron chi connectivity index (χ3n) is 2.89. The Morgan fingerprint density at radius 3 is 3.00 bits per heavy atom. The maximum atomic E-state index is 5.33. The van der Waals surface area contributed by atoms with E-state index in [1.54, 1.807) is 11.3 Å². The van der Waals surface area contributed by atoms with Crippen molar-refractivity contribution in [2.75, 3.05) is 19.8 Å². The van der Waals surface area contributed by atoms with E-state index in [1.807, 2.05) is 0 Å². The molecular formula is C12H20N2OS.